The number of carbonyl (C=O) groups is 2. The van der Waals surface area contributed by atoms with Crippen LogP contribution in [0.15, 0.2) is 48.5 Å². The molecule has 0 unspecified atom stereocenters. The Bertz CT molecular complexity index is 743. The van der Waals surface area contributed by atoms with Gasteiger partial charge in [-0.25, -0.2) is 0 Å². The molecule has 132 valence electrons. The van der Waals surface area contributed by atoms with Crippen molar-refractivity contribution in [3.8, 4) is 0 Å². The van der Waals surface area contributed by atoms with Crippen LogP contribution in [0.25, 0.3) is 0 Å². The van der Waals surface area contributed by atoms with Crippen LogP contribution in [0.4, 0.5) is 11.4 Å². The third-order valence-corrected chi connectivity index (χ3v) is 3.69. The van der Waals surface area contributed by atoms with E-state index < -0.39 is 0 Å². The zero-order valence-corrected chi connectivity index (χ0v) is 14.9. The summed E-state index contributed by atoms with van der Waals surface area (Å²) in [7, 11) is 0. The predicted molar refractivity (Wildman–Crippen MR) is 99.8 cm³/mol. The minimum Gasteiger partial charge on any atom is -0.362 e. The fourth-order valence-electron chi connectivity index (χ4n) is 2.53. The van der Waals surface area contributed by atoms with Crippen LogP contribution in [0.2, 0.25) is 0 Å². The van der Waals surface area contributed by atoms with Crippen molar-refractivity contribution in [1.29, 1.82) is 0 Å². The van der Waals surface area contributed by atoms with Gasteiger partial charge in [-0.1, -0.05) is 24.3 Å². The smallest absolute Gasteiger partial charge is 0.252 e. The molecule has 2 rings (SSSR count). The number of amides is 2. The van der Waals surface area contributed by atoms with E-state index in [1.54, 1.807) is 4.90 Å². The highest BCUT2D eigenvalue weighted by Gasteiger charge is 2.14. The fourth-order valence-corrected chi connectivity index (χ4v) is 2.53. The number of rotatable bonds is 7. The molecule has 2 aromatic rings. The lowest BCUT2D eigenvalue weighted by Crippen LogP contribution is -2.34. The number of carbonyl (C=O) groups excluding carboxylic acids is 2. The Hall–Kier alpha value is -2.66. The maximum atomic E-state index is 12.3. The van der Waals surface area contributed by atoms with Gasteiger partial charge in [-0.3, -0.25) is 9.59 Å². The van der Waals surface area contributed by atoms with E-state index >= 15 is 0 Å². The van der Waals surface area contributed by atoms with Crippen molar-refractivity contribution in [3.63, 3.8) is 0 Å². The van der Waals surface area contributed by atoms with Crippen LogP contribution in [0.3, 0.4) is 0 Å². The Morgan fingerprint density at radius 2 is 1.68 bits per heavy atom. The number of hydrogen-bond acceptors (Lipinski definition) is 3. The second kappa shape index (κ2) is 8.99. The average molecular weight is 340 g/mol. The summed E-state index contributed by atoms with van der Waals surface area (Å²) >= 11 is 0. The van der Waals surface area contributed by atoms with Gasteiger partial charge in [-0.05, 0) is 56.2 Å². The second-order valence-corrected chi connectivity index (χ2v) is 5.89. The zero-order chi connectivity index (χ0) is 18.2. The van der Waals surface area contributed by atoms with Gasteiger partial charge in [0.1, 0.15) is 13.2 Å². The molecule has 0 aliphatic heterocycles. The highest BCUT2D eigenvalue weighted by Crippen LogP contribution is 2.16. The molecule has 0 fully saturated rings. The highest BCUT2D eigenvalue weighted by atomic mass is 16.5. The fraction of sp³-hybridized carbons (Fsp3) is 0.300. The number of anilines is 2. The van der Waals surface area contributed by atoms with Crippen LogP contribution in [0, 0.1) is 13.8 Å². The first-order valence-corrected chi connectivity index (χ1v) is 8.31. The molecule has 0 heterocycles. The molecule has 0 radical (unpaired) electrons. The molecule has 5 nitrogen and oxygen atoms in total. The SMILES string of the molecule is CCN(C(=O)COCC(=O)Nc1cccc(C)c1)c1cccc(C)c1. The number of benzene rings is 2. The molecule has 0 spiro atoms. The zero-order valence-electron chi connectivity index (χ0n) is 14.9. The summed E-state index contributed by atoms with van der Waals surface area (Å²) < 4.78 is 5.29. The quantitative estimate of drug-likeness (QED) is 0.841. The first-order chi connectivity index (χ1) is 12.0. The third-order valence-electron chi connectivity index (χ3n) is 3.69. The number of nitrogens with zero attached hydrogens (tertiary/aromatic N) is 1. The van der Waals surface area contributed by atoms with E-state index in [0.29, 0.717) is 6.54 Å². The molecule has 0 atom stereocenters. The van der Waals surface area contributed by atoms with Gasteiger partial charge in [0.05, 0.1) is 0 Å². The first-order valence-electron chi connectivity index (χ1n) is 8.31. The Morgan fingerprint density at radius 1 is 1.00 bits per heavy atom. The molecular weight excluding hydrogens is 316 g/mol. The minimum atomic E-state index is -0.281. The molecule has 0 aliphatic carbocycles. The molecule has 0 aromatic heterocycles. The Balaban J connectivity index is 1.83. The summed E-state index contributed by atoms with van der Waals surface area (Å²) in [6.07, 6.45) is 0. The lowest BCUT2D eigenvalue weighted by molar-refractivity contribution is -0.126. The topological polar surface area (TPSA) is 58.6 Å². The van der Waals surface area contributed by atoms with Crippen LogP contribution in [0.1, 0.15) is 18.1 Å². The Kier molecular flexibility index (Phi) is 6.71. The molecule has 5 heteroatoms. The lowest BCUT2D eigenvalue weighted by Gasteiger charge is -2.21. The summed E-state index contributed by atoms with van der Waals surface area (Å²) in [5, 5.41) is 2.75. The predicted octanol–water partition coefficient (Wildman–Crippen LogP) is 3.31. The van der Waals surface area contributed by atoms with E-state index in [9.17, 15) is 9.59 Å². The lowest BCUT2D eigenvalue weighted by atomic mass is 10.2. The van der Waals surface area contributed by atoms with E-state index in [1.807, 2.05) is 69.3 Å². The summed E-state index contributed by atoms with van der Waals surface area (Å²) in [5.74, 6) is -0.451. The van der Waals surface area contributed by atoms with Gasteiger partial charge >= 0.3 is 0 Å². The Labute approximate surface area is 148 Å². The molecule has 2 amide bonds. The summed E-state index contributed by atoms with van der Waals surface area (Å²) in [6.45, 7) is 6.09. The molecule has 0 bridgehead atoms. The molecule has 1 N–H and O–H groups in total. The van der Waals surface area contributed by atoms with Crippen molar-refractivity contribution in [3.05, 3.63) is 59.7 Å². The minimum absolute atomic E-state index is 0.136. The van der Waals surface area contributed by atoms with Gasteiger partial charge in [-0.2, -0.15) is 0 Å². The van der Waals surface area contributed by atoms with E-state index in [4.69, 9.17) is 4.74 Å². The standard InChI is InChI=1S/C20H24N2O3/c1-4-22(18-10-6-8-16(3)12-18)20(24)14-25-13-19(23)21-17-9-5-7-15(2)11-17/h5-12H,4,13-14H2,1-3H3,(H,21,23). The highest BCUT2D eigenvalue weighted by molar-refractivity contribution is 5.95. The van der Waals surface area contributed by atoms with Gasteiger partial charge < -0.3 is 15.0 Å². The molecule has 0 aliphatic rings. The van der Waals surface area contributed by atoms with E-state index in [-0.39, 0.29) is 25.0 Å². The number of hydrogen-bond donors (Lipinski definition) is 1. The van der Waals surface area contributed by atoms with Gasteiger partial charge in [0, 0.05) is 17.9 Å². The second-order valence-electron chi connectivity index (χ2n) is 5.89. The first kappa shape index (κ1) is 18.7. The molecule has 2 aromatic carbocycles. The normalized spacial score (nSPS) is 10.4. The van der Waals surface area contributed by atoms with Crippen LogP contribution in [-0.2, 0) is 14.3 Å². The number of likely N-dealkylation sites (N-methyl/N-ethyl adjacent to an activating group) is 1. The number of nitrogens with one attached hydrogen (secondary N) is 1. The summed E-state index contributed by atoms with van der Waals surface area (Å²) in [5.41, 5.74) is 3.70. The average Bonchev–Trinajstić information content (AvgIpc) is 2.55. The van der Waals surface area contributed by atoms with Crippen molar-refractivity contribution in [1.82, 2.24) is 0 Å². The van der Waals surface area contributed by atoms with Gasteiger partial charge in [-0.15, -0.1) is 0 Å². The molecule has 0 saturated carbocycles. The summed E-state index contributed by atoms with van der Waals surface area (Å²) in [4.78, 5) is 25.9. The Morgan fingerprint density at radius 3 is 2.32 bits per heavy atom. The monoisotopic (exact) mass is 340 g/mol. The van der Waals surface area contributed by atoms with Crippen LogP contribution in [-0.4, -0.2) is 31.6 Å². The van der Waals surface area contributed by atoms with Crippen molar-refractivity contribution in [2.45, 2.75) is 20.8 Å². The number of ether oxygens (including phenoxy) is 1. The van der Waals surface area contributed by atoms with Crippen molar-refractivity contribution >= 4 is 23.2 Å². The van der Waals surface area contributed by atoms with E-state index in [0.717, 1.165) is 22.5 Å². The maximum Gasteiger partial charge on any atom is 0.252 e. The third kappa shape index (κ3) is 5.72. The largest absolute Gasteiger partial charge is 0.362 e. The summed E-state index contributed by atoms with van der Waals surface area (Å²) in [6, 6.07) is 15.2. The molecular formula is C20H24N2O3. The van der Waals surface area contributed by atoms with Gasteiger partial charge in [0.25, 0.3) is 5.91 Å². The van der Waals surface area contributed by atoms with Crippen LogP contribution < -0.4 is 10.2 Å². The number of aryl methyl sites for hydroxylation is 2. The van der Waals surface area contributed by atoms with Crippen molar-refractivity contribution in [2.24, 2.45) is 0 Å². The van der Waals surface area contributed by atoms with Crippen LogP contribution >= 0.6 is 0 Å². The van der Waals surface area contributed by atoms with Crippen LogP contribution in [0.5, 0.6) is 0 Å². The van der Waals surface area contributed by atoms with Gasteiger partial charge in [0.2, 0.25) is 5.91 Å². The van der Waals surface area contributed by atoms with E-state index in [2.05, 4.69) is 5.32 Å². The van der Waals surface area contributed by atoms with Crippen molar-refractivity contribution < 1.29 is 14.3 Å². The molecule has 0 saturated heterocycles. The van der Waals surface area contributed by atoms with Crippen molar-refractivity contribution in [2.75, 3.05) is 30.0 Å². The molecule has 25 heavy (non-hydrogen) atoms. The van der Waals surface area contributed by atoms with Gasteiger partial charge in [0.15, 0.2) is 0 Å². The van der Waals surface area contributed by atoms with E-state index in [1.165, 1.54) is 0 Å². The maximum absolute atomic E-state index is 12.3.